The van der Waals surface area contributed by atoms with Gasteiger partial charge in [0.1, 0.15) is 17.2 Å². The first kappa shape index (κ1) is 23.5. The number of amides is 2. The second kappa shape index (κ2) is 9.14. The molecule has 2 N–H and O–H groups in total. The first-order valence-electron chi connectivity index (χ1n) is 10.2. The lowest BCUT2D eigenvalue weighted by molar-refractivity contribution is -0.125. The Hall–Kier alpha value is -3.16. The van der Waals surface area contributed by atoms with Gasteiger partial charge in [0, 0.05) is 42.4 Å². The van der Waals surface area contributed by atoms with Gasteiger partial charge in [-0.25, -0.2) is 4.98 Å². The number of benzene rings is 1. The van der Waals surface area contributed by atoms with Crippen LogP contribution in [-0.4, -0.2) is 34.3 Å². The number of nitrogens with one attached hydrogen (secondary N) is 2. The largest absolute Gasteiger partial charge is 0.459 e. The molecule has 0 atom stereocenters. The number of hydrogen-bond acceptors (Lipinski definition) is 5. The van der Waals surface area contributed by atoms with Crippen molar-refractivity contribution in [2.24, 2.45) is 0 Å². The normalized spacial score (nSPS) is 15.1. The smallest absolute Gasteiger partial charge is 0.246 e. The highest BCUT2D eigenvalue weighted by Crippen LogP contribution is 2.26. The number of halogens is 1. The van der Waals surface area contributed by atoms with Crippen LogP contribution in [0.1, 0.15) is 36.3 Å². The number of hydrogen-bond donors (Lipinski definition) is 2. The number of nitrogens with zero attached hydrogens (tertiary/aromatic N) is 2. The maximum atomic E-state index is 12.6. The summed E-state index contributed by atoms with van der Waals surface area (Å²) in [4.78, 5) is 30.8. The molecule has 3 aromatic rings. The Bertz CT molecular complexity index is 1200. The minimum absolute atomic E-state index is 0. The molecule has 4 rings (SSSR count). The number of pyridine rings is 1. The van der Waals surface area contributed by atoms with Crippen molar-refractivity contribution in [1.82, 2.24) is 15.2 Å². The third kappa shape index (κ3) is 4.69. The summed E-state index contributed by atoms with van der Waals surface area (Å²) in [5.41, 5.74) is 2.86. The summed E-state index contributed by atoms with van der Waals surface area (Å²) in [6.45, 7) is 6.55. The van der Waals surface area contributed by atoms with Gasteiger partial charge in [-0.05, 0) is 44.5 Å². The van der Waals surface area contributed by atoms with Gasteiger partial charge in [0.15, 0.2) is 0 Å². The molecule has 0 spiro atoms. The SMILES string of the molecule is Cc1c(CN(C)C(=O)C=Cc2cnc3c(c2)CNC(C)(C)C(=O)N3)oc2ccccc12.Cl. The molecule has 0 unspecified atom stereocenters. The summed E-state index contributed by atoms with van der Waals surface area (Å²) in [6.07, 6.45) is 4.90. The molecule has 2 aromatic heterocycles. The van der Waals surface area contributed by atoms with Crippen molar-refractivity contribution in [2.75, 3.05) is 12.4 Å². The van der Waals surface area contributed by atoms with E-state index in [2.05, 4.69) is 15.6 Å². The summed E-state index contributed by atoms with van der Waals surface area (Å²) >= 11 is 0. The molecule has 0 radical (unpaired) electrons. The van der Waals surface area contributed by atoms with Crippen molar-refractivity contribution in [2.45, 2.75) is 39.4 Å². The van der Waals surface area contributed by atoms with E-state index in [1.54, 1.807) is 24.2 Å². The molecule has 0 saturated heterocycles. The minimum atomic E-state index is -0.676. The Morgan fingerprint density at radius 2 is 2.06 bits per heavy atom. The monoisotopic (exact) mass is 454 g/mol. The number of carbonyl (C=O) groups is 2. The molecular formula is C24H27ClN4O3. The second-order valence-electron chi connectivity index (χ2n) is 8.38. The zero-order valence-electron chi connectivity index (χ0n) is 18.6. The molecule has 1 aromatic carbocycles. The Balaban J connectivity index is 0.00000289. The number of aromatic nitrogens is 1. The summed E-state index contributed by atoms with van der Waals surface area (Å²) in [5.74, 6) is 1.06. The van der Waals surface area contributed by atoms with Crippen molar-refractivity contribution >= 4 is 47.1 Å². The number of rotatable bonds is 4. The first-order chi connectivity index (χ1) is 14.7. The lowest BCUT2D eigenvalue weighted by Gasteiger charge is -2.21. The fourth-order valence-electron chi connectivity index (χ4n) is 3.49. The van der Waals surface area contributed by atoms with E-state index in [9.17, 15) is 9.59 Å². The van der Waals surface area contributed by atoms with Gasteiger partial charge in [0.05, 0.1) is 12.1 Å². The average Bonchev–Trinajstić information content (AvgIpc) is 3.00. The predicted octanol–water partition coefficient (Wildman–Crippen LogP) is 4.05. The van der Waals surface area contributed by atoms with Crippen molar-refractivity contribution in [3.05, 3.63) is 65.1 Å². The quantitative estimate of drug-likeness (QED) is 0.581. The van der Waals surface area contributed by atoms with E-state index in [0.29, 0.717) is 18.9 Å². The third-order valence-electron chi connectivity index (χ3n) is 5.63. The van der Waals surface area contributed by atoms with Crippen LogP contribution >= 0.6 is 12.4 Å². The van der Waals surface area contributed by atoms with Gasteiger partial charge in [-0.1, -0.05) is 18.2 Å². The van der Waals surface area contributed by atoms with E-state index < -0.39 is 5.54 Å². The minimum Gasteiger partial charge on any atom is -0.459 e. The van der Waals surface area contributed by atoms with Crippen LogP contribution in [-0.2, 0) is 22.7 Å². The number of anilines is 1. The maximum absolute atomic E-state index is 12.6. The van der Waals surface area contributed by atoms with Crippen LogP contribution in [0.2, 0.25) is 0 Å². The second-order valence-corrected chi connectivity index (χ2v) is 8.38. The van der Waals surface area contributed by atoms with Gasteiger partial charge in [0.25, 0.3) is 0 Å². The first-order valence-corrected chi connectivity index (χ1v) is 10.2. The van der Waals surface area contributed by atoms with Gasteiger partial charge in [-0.3, -0.25) is 14.9 Å². The predicted molar refractivity (Wildman–Crippen MR) is 127 cm³/mol. The maximum Gasteiger partial charge on any atom is 0.246 e. The standard InChI is InChI=1S/C24H26N4O3.ClH/c1-15-18-7-5-6-8-19(18)31-20(15)14-28(4)21(29)10-9-16-11-17-13-26-24(2,3)23(30)27-22(17)25-12-16;/h5-12,26H,13-14H2,1-4H3,(H,25,27,30);1H. The Morgan fingerprint density at radius 3 is 2.81 bits per heavy atom. The number of fused-ring (bicyclic) bond motifs is 2. The highest BCUT2D eigenvalue weighted by atomic mass is 35.5. The van der Waals surface area contributed by atoms with E-state index in [1.165, 1.54) is 6.08 Å². The molecule has 0 saturated carbocycles. The highest BCUT2D eigenvalue weighted by molar-refractivity contribution is 5.98. The van der Waals surface area contributed by atoms with Crippen LogP contribution in [0, 0.1) is 6.92 Å². The van der Waals surface area contributed by atoms with E-state index >= 15 is 0 Å². The molecular weight excluding hydrogens is 428 g/mol. The number of para-hydroxylation sites is 1. The van der Waals surface area contributed by atoms with Crippen LogP contribution in [0.25, 0.3) is 17.0 Å². The fraction of sp³-hybridized carbons (Fsp3) is 0.292. The zero-order chi connectivity index (χ0) is 22.2. The zero-order valence-corrected chi connectivity index (χ0v) is 19.4. The Kier molecular flexibility index (Phi) is 6.71. The van der Waals surface area contributed by atoms with Crippen molar-refractivity contribution < 1.29 is 14.0 Å². The van der Waals surface area contributed by atoms with Crippen molar-refractivity contribution in [3.63, 3.8) is 0 Å². The lowest BCUT2D eigenvalue weighted by atomic mass is 10.1. The lowest BCUT2D eigenvalue weighted by Crippen LogP contribution is -2.47. The molecule has 1 aliphatic heterocycles. The third-order valence-corrected chi connectivity index (χ3v) is 5.63. The highest BCUT2D eigenvalue weighted by Gasteiger charge is 2.30. The summed E-state index contributed by atoms with van der Waals surface area (Å²) in [5, 5.41) is 7.13. The Morgan fingerprint density at radius 1 is 1.31 bits per heavy atom. The molecule has 3 heterocycles. The number of carbonyl (C=O) groups excluding carboxylic acids is 2. The fourth-order valence-corrected chi connectivity index (χ4v) is 3.49. The molecule has 2 amide bonds. The van der Waals surface area contributed by atoms with E-state index in [1.807, 2.05) is 51.1 Å². The van der Waals surface area contributed by atoms with Gasteiger partial charge in [-0.2, -0.15) is 0 Å². The topological polar surface area (TPSA) is 87.5 Å². The van der Waals surface area contributed by atoms with E-state index in [4.69, 9.17) is 4.42 Å². The van der Waals surface area contributed by atoms with Gasteiger partial charge in [-0.15, -0.1) is 12.4 Å². The number of furan rings is 1. The van der Waals surface area contributed by atoms with Gasteiger partial charge < -0.3 is 14.6 Å². The average molecular weight is 455 g/mol. The summed E-state index contributed by atoms with van der Waals surface area (Å²) < 4.78 is 5.91. The van der Waals surface area contributed by atoms with Crippen molar-refractivity contribution in [3.8, 4) is 0 Å². The van der Waals surface area contributed by atoms with E-state index in [-0.39, 0.29) is 24.2 Å². The number of likely N-dealkylation sites (N-methyl/N-ethyl adjacent to an activating group) is 1. The molecule has 1 aliphatic rings. The molecule has 0 bridgehead atoms. The van der Waals surface area contributed by atoms with Gasteiger partial charge >= 0.3 is 0 Å². The van der Waals surface area contributed by atoms with Crippen LogP contribution in [0.5, 0.6) is 0 Å². The molecule has 168 valence electrons. The number of aryl methyl sites for hydroxylation is 1. The van der Waals surface area contributed by atoms with Crippen molar-refractivity contribution in [1.29, 1.82) is 0 Å². The molecule has 0 fully saturated rings. The summed E-state index contributed by atoms with van der Waals surface area (Å²) in [7, 11) is 1.75. The molecule has 0 aliphatic carbocycles. The van der Waals surface area contributed by atoms with Crippen LogP contribution in [0.3, 0.4) is 0 Å². The molecule has 7 nitrogen and oxygen atoms in total. The van der Waals surface area contributed by atoms with Gasteiger partial charge in [0.2, 0.25) is 11.8 Å². The molecule has 32 heavy (non-hydrogen) atoms. The van der Waals surface area contributed by atoms with Crippen LogP contribution in [0.15, 0.2) is 47.0 Å². The van der Waals surface area contributed by atoms with Crippen LogP contribution < -0.4 is 10.6 Å². The van der Waals surface area contributed by atoms with Crippen LogP contribution in [0.4, 0.5) is 5.82 Å². The Labute approximate surface area is 193 Å². The summed E-state index contributed by atoms with van der Waals surface area (Å²) in [6, 6.07) is 9.77. The van der Waals surface area contributed by atoms with E-state index in [0.717, 1.165) is 33.4 Å². The molecule has 8 heteroatoms.